The van der Waals surface area contributed by atoms with Gasteiger partial charge in [-0.15, -0.1) is 0 Å². The number of nitrogens with zero attached hydrogens (tertiary/aromatic N) is 6. The van der Waals surface area contributed by atoms with Crippen molar-refractivity contribution in [3.63, 3.8) is 0 Å². The first-order valence-electron chi connectivity index (χ1n) is 10.1. The molecular weight excluding hydrogens is 454 g/mol. The van der Waals surface area contributed by atoms with Gasteiger partial charge in [0, 0.05) is 23.4 Å². The molecular formula is C21H20F2N6O5. The van der Waals surface area contributed by atoms with E-state index in [0.29, 0.717) is 17.8 Å². The Balaban J connectivity index is 1.36. The standard InChI is InChI=1S/C21H20F2N6O5/c1-11-14(12(2)29-21(26-11)24-10-25-29)5-7-18(30)32-9-17-27-19(28-34-17)13-4-6-15(33-20(22)23)16(8-13)31-3/h4,6,8,10,20H,5,7,9H2,1-3H3. The van der Waals surface area contributed by atoms with Gasteiger partial charge in [0.1, 0.15) is 6.33 Å². The molecule has 11 nitrogen and oxygen atoms in total. The Morgan fingerprint density at radius 1 is 1.21 bits per heavy atom. The van der Waals surface area contributed by atoms with E-state index in [4.69, 9.17) is 14.0 Å². The SMILES string of the molecule is COc1cc(-c2noc(COC(=O)CCc3c(C)nc4ncnn4c3C)n2)ccc1OC(F)F. The number of rotatable bonds is 9. The molecule has 1 aromatic carbocycles. The monoisotopic (exact) mass is 474 g/mol. The molecule has 13 heteroatoms. The minimum atomic E-state index is -2.99. The van der Waals surface area contributed by atoms with Crippen LogP contribution in [0.3, 0.4) is 0 Å². The zero-order valence-electron chi connectivity index (χ0n) is 18.5. The fraction of sp³-hybridized carbons (Fsp3) is 0.333. The summed E-state index contributed by atoms with van der Waals surface area (Å²) in [6, 6.07) is 4.22. The lowest BCUT2D eigenvalue weighted by Gasteiger charge is -2.10. The van der Waals surface area contributed by atoms with Crippen LogP contribution in [0.4, 0.5) is 8.78 Å². The van der Waals surface area contributed by atoms with Gasteiger partial charge in [-0.25, -0.2) is 9.50 Å². The summed E-state index contributed by atoms with van der Waals surface area (Å²) in [7, 11) is 1.32. The van der Waals surface area contributed by atoms with Gasteiger partial charge in [-0.05, 0) is 44.0 Å². The summed E-state index contributed by atoms with van der Waals surface area (Å²) in [6.45, 7) is 0.538. The molecule has 34 heavy (non-hydrogen) atoms. The van der Waals surface area contributed by atoms with Crippen LogP contribution in [0.5, 0.6) is 11.5 Å². The van der Waals surface area contributed by atoms with Crippen LogP contribution in [0, 0.1) is 13.8 Å². The van der Waals surface area contributed by atoms with Crippen molar-refractivity contribution in [3.8, 4) is 22.9 Å². The van der Waals surface area contributed by atoms with Crippen molar-refractivity contribution in [2.45, 2.75) is 39.9 Å². The van der Waals surface area contributed by atoms with Crippen molar-refractivity contribution in [1.29, 1.82) is 0 Å². The molecule has 0 spiro atoms. The maximum atomic E-state index is 12.5. The van der Waals surface area contributed by atoms with Gasteiger partial charge in [0.15, 0.2) is 18.1 Å². The van der Waals surface area contributed by atoms with Crippen LogP contribution < -0.4 is 9.47 Å². The molecule has 3 heterocycles. The summed E-state index contributed by atoms with van der Waals surface area (Å²) in [6.07, 6.45) is 1.96. The van der Waals surface area contributed by atoms with Crippen molar-refractivity contribution in [3.05, 3.63) is 47.4 Å². The number of ether oxygens (including phenoxy) is 3. The normalized spacial score (nSPS) is 11.2. The Kier molecular flexibility index (Phi) is 6.61. The number of halogens is 2. The first kappa shape index (κ1) is 23.0. The Morgan fingerprint density at radius 2 is 2.03 bits per heavy atom. The van der Waals surface area contributed by atoms with Gasteiger partial charge < -0.3 is 18.7 Å². The number of aromatic nitrogens is 6. The molecule has 0 atom stereocenters. The van der Waals surface area contributed by atoms with E-state index in [-0.39, 0.29) is 36.2 Å². The molecule has 4 rings (SSSR count). The van der Waals surface area contributed by atoms with E-state index in [1.807, 2.05) is 13.8 Å². The van der Waals surface area contributed by atoms with Crippen molar-refractivity contribution in [1.82, 2.24) is 29.7 Å². The topological polar surface area (TPSA) is 127 Å². The maximum Gasteiger partial charge on any atom is 0.387 e. The van der Waals surface area contributed by atoms with Gasteiger partial charge in [-0.2, -0.15) is 23.8 Å². The Labute approximate surface area is 191 Å². The van der Waals surface area contributed by atoms with Gasteiger partial charge in [0.05, 0.1) is 7.11 Å². The molecule has 0 aliphatic rings. The zero-order chi connectivity index (χ0) is 24.2. The van der Waals surface area contributed by atoms with Crippen LogP contribution in [-0.4, -0.2) is 49.4 Å². The predicted octanol–water partition coefficient (Wildman–Crippen LogP) is 3.08. The molecule has 3 aromatic heterocycles. The van der Waals surface area contributed by atoms with E-state index in [1.165, 1.54) is 31.6 Å². The van der Waals surface area contributed by atoms with Crippen LogP contribution in [0.1, 0.15) is 29.3 Å². The molecule has 0 fully saturated rings. The second-order valence-electron chi connectivity index (χ2n) is 7.15. The van der Waals surface area contributed by atoms with Crippen LogP contribution in [-0.2, 0) is 22.6 Å². The molecule has 0 aliphatic heterocycles. The third-order valence-corrected chi connectivity index (χ3v) is 5.03. The van der Waals surface area contributed by atoms with E-state index in [1.54, 1.807) is 4.52 Å². The Hall–Kier alpha value is -4.16. The van der Waals surface area contributed by atoms with Gasteiger partial charge >= 0.3 is 12.6 Å². The van der Waals surface area contributed by atoms with E-state index in [0.717, 1.165) is 17.0 Å². The van der Waals surface area contributed by atoms with Gasteiger partial charge in [-0.1, -0.05) is 5.16 Å². The summed E-state index contributed by atoms with van der Waals surface area (Å²) >= 11 is 0. The Bertz CT molecular complexity index is 1320. The smallest absolute Gasteiger partial charge is 0.387 e. The number of alkyl halides is 2. The number of fused-ring (bicyclic) bond motifs is 1. The number of carbonyl (C=O) groups excluding carboxylic acids is 1. The third kappa shape index (κ3) is 4.92. The summed E-state index contributed by atoms with van der Waals surface area (Å²) in [4.78, 5) is 24.9. The van der Waals surface area contributed by atoms with E-state index < -0.39 is 12.6 Å². The van der Waals surface area contributed by atoms with Crippen molar-refractivity contribution in [2.75, 3.05) is 7.11 Å². The number of esters is 1. The summed E-state index contributed by atoms with van der Waals surface area (Å²) in [5, 5.41) is 7.95. The lowest BCUT2D eigenvalue weighted by atomic mass is 10.1. The van der Waals surface area contributed by atoms with E-state index in [2.05, 4.69) is 29.9 Å². The molecule has 0 unspecified atom stereocenters. The number of hydrogen-bond donors (Lipinski definition) is 0. The van der Waals surface area contributed by atoms with Crippen LogP contribution in [0.15, 0.2) is 29.0 Å². The number of hydrogen-bond acceptors (Lipinski definition) is 10. The highest BCUT2D eigenvalue weighted by Crippen LogP contribution is 2.32. The molecule has 4 aromatic rings. The minimum Gasteiger partial charge on any atom is -0.493 e. The molecule has 0 radical (unpaired) electrons. The lowest BCUT2D eigenvalue weighted by Crippen LogP contribution is -2.10. The fourth-order valence-electron chi connectivity index (χ4n) is 3.39. The molecule has 0 saturated heterocycles. The molecule has 178 valence electrons. The lowest BCUT2D eigenvalue weighted by molar-refractivity contribution is -0.145. The van der Waals surface area contributed by atoms with Crippen LogP contribution in [0.2, 0.25) is 0 Å². The predicted molar refractivity (Wildman–Crippen MR) is 111 cm³/mol. The van der Waals surface area contributed by atoms with Crippen molar-refractivity contribution in [2.24, 2.45) is 0 Å². The van der Waals surface area contributed by atoms with Crippen molar-refractivity contribution < 1.29 is 32.3 Å². The highest BCUT2D eigenvalue weighted by atomic mass is 19.3. The Morgan fingerprint density at radius 3 is 2.79 bits per heavy atom. The molecule has 0 saturated carbocycles. The zero-order valence-corrected chi connectivity index (χ0v) is 18.5. The largest absolute Gasteiger partial charge is 0.493 e. The second-order valence-corrected chi connectivity index (χ2v) is 7.15. The first-order chi connectivity index (χ1) is 16.4. The van der Waals surface area contributed by atoms with Crippen LogP contribution >= 0.6 is 0 Å². The summed E-state index contributed by atoms with van der Waals surface area (Å²) < 4.78 is 46.4. The average Bonchev–Trinajstić information content (AvgIpc) is 3.47. The molecule has 0 aliphatic carbocycles. The van der Waals surface area contributed by atoms with Crippen LogP contribution in [0.25, 0.3) is 17.2 Å². The number of methoxy groups -OCH3 is 1. The number of aryl methyl sites for hydroxylation is 2. The molecule has 0 N–H and O–H groups in total. The van der Waals surface area contributed by atoms with Gasteiger partial charge in [-0.3, -0.25) is 4.79 Å². The van der Waals surface area contributed by atoms with E-state index >= 15 is 0 Å². The van der Waals surface area contributed by atoms with Crippen molar-refractivity contribution >= 4 is 11.7 Å². The number of carbonyl (C=O) groups is 1. The fourth-order valence-corrected chi connectivity index (χ4v) is 3.39. The second kappa shape index (κ2) is 9.77. The summed E-state index contributed by atoms with van der Waals surface area (Å²) in [5.74, 6) is 0.261. The first-order valence-corrected chi connectivity index (χ1v) is 10.1. The number of benzene rings is 1. The van der Waals surface area contributed by atoms with Gasteiger partial charge in [0.2, 0.25) is 5.82 Å². The van der Waals surface area contributed by atoms with Gasteiger partial charge in [0.25, 0.3) is 11.7 Å². The average molecular weight is 474 g/mol. The summed E-state index contributed by atoms with van der Waals surface area (Å²) in [5.41, 5.74) is 2.97. The minimum absolute atomic E-state index is 0.0771. The quantitative estimate of drug-likeness (QED) is 0.334. The molecule has 0 bridgehead atoms. The van der Waals surface area contributed by atoms with E-state index in [9.17, 15) is 13.6 Å². The third-order valence-electron chi connectivity index (χ3n) is 5.03. The maximum absolute atomic E-state index is 12.5. The molecule has 0 amide bonds. The highest BCUT2D eigenvalue weighted by Gasteiger charge is 2.17. The highest BCUT2D eigenvalue weighted by molar-refractivity contribution is 5.69.